The van der Waals surface area contributed by atoms with E-state index in [4.69, 9.17) is 14.2 Å². The number of aromatic amines is 1. The van der Waals surface area contributed by atoms with Crippen LogP contribution < -0.4 is 11.2 Å². The van der Waals surface area contributed by atoms with Gasteiger partial charge in [-0.3, -0.25) is 19.1 Å². The number of esters is 1. The Labute approximate surface area is 128 Å². The van der Waals surface area contributed by atoms with Crippen molar-refractivity contribution >= 4 is 21.9 Å². The maximum atomic E-state index is 11.9. The summed E-state index contributed by atoms with van der Waals surface area (Å²) in [6, 6.07) is 0. The van der Waals surface area contributed by atoms with Crippen molar-refractivity contribution < 1.29 is 19.0 Å². The Bertz CT molecular complexity index is 625. The Kier molecular flexibility index (Phi) is 5.32. The number of H-pyrrole nitrogens is 1. The van der Waals surface area contributed by atoms with Gasteiger partial charge in [0.15, 0.2) is 0 Å². The van der Waals surface area contributed by atoms with Crippen molar-refractivity contribution in [2.75, 3.05) is 19.8 Å². The third-order valence-corrected chi connectivity index (χ3v) is 3.43. The summed E-state index contributed by atoms with van der Waals surface area (Å²) < 4.78 is 17.5. The van der Waals surface area contributed by atoms with Gasteiger partial charge < -0.3 is 14.2 Å². The molecule has 1 aromatic heterocycles. The fourth-order valence-corrected chi connectivity index (χ4v) is 2.23. The maximum Gasteiger partial charge on any atom is 0.330 e. The summed E-state index contributed by atoms with van der Waals surface area (Å²) in [4.78, 5) is 36.2. The number of hydrogen-bond acceptors (Lipinski definition) is 6. The number of carbonyl (C=O) groups is 1. The zero-order valence-corrected chi connectivity index (χ0v) is 12.9. The van der Waals surface area contributed by atoms with E-state index in [-0.39, 0.29) is 17.7 Å². The summed E-state index contributed by atoms with van der Waals surface area (Å²) in [7, 11) is 0. The molecule has 0 unspecified atom stereocenters. The van der Waals surface area contributed by atoms with Gasteiger partial charge in [-0.25, -0.2) is 4.79 Å². The van der Waals surface area contributed by atoms with Crippen LogP contribution in [0.2, 0.25) is 0 Å². The van der Waals surface area contributed by atoms with Crippen LogP contribution in [0.15, 0.2) is 20.3 Å². The zero-order chi connectivity index (χ0) is 15.4. The average Bonchev–Trinajstić information content (AvgIpc) is 2.66. The predicted octanol–water partition coefficient (Wildman–Crippen LogP) is 0.166. The van der Waals surface area contributed by atoms with Crippen LogP contribution in [0.4, 0.5) is 0 Å². The van der Waals surface area contributed by atoms with E-state index in [1.807, 2.05) is 0 Å². The molecule has 1 aliphatic rings. The molecule has 2 atom stereocenters. The maximum absolute atomic E-state index is 11.9. The molecule has 0 amide bonds. The Balaban J connectivity index is 2.18. The molecular formula is C12H15BrN2O6. The normalized spacial score (nSPS) is 22.6. The second kappa shape index (κ2) is 7.01. The predicted molar refractivity (Wildman–Crippen MR) is 75.0 cm³/mol. The number of hydrogen-bond donors (Lipinski definition) is 1. The summed E-state index contributed by atoms with van der Waals surface area (Å²) in [6.07, 6.45) is 0.738. The van der Waals surface area contributed by atoms with Gasteiger partial charge in [0.1, 0.15) is 18.9 Å². The number of rotatable bonds is 3. The minimum absolute atomic E-state index is 0.0467. The largest absolute Gasteiger partial charge is 0.463 e. The molecule has 1 aliphatic heterocycles. The van der Waals surface area contributed by atoms with Crippen LogP contribution in [0.1, 0.15) is 19.6 Å². The molecule has 0 radical (unpaired) electrons. The van der Waals surface area contributed by atoms with Gasteiger partial charge in [0.2, 0.25) is 0 Å². The first-order valence-electron chi connectivity index (χ1n) is 6.35. The lowest BCUT2D eigenvalue weighted by molar-refractivity contribution is -0.149. The minimum Gasteiger partial charge on any atom is -0.463 e. The van der Waals surface area contributed by atoms with E-state index in [9.17, 15) is 14.4 Å². The second-order valence-corrected chi connectivity index (χ2v) is 5.38. The summed E-state index contributed by atoms with van der Waals surface area (Å²) >= 11 is 3.07. The van der Waals surface area contributed by atoms with Gasteiger partial charge in [0, 0.05) is 19.5 Å². The topological polar surface area (TPSA) is 99.6 Å². The molecule has 0 saturated carbocycles. The van der Waals surface area contributed by atoms with Crippen molar-refractivity contribution in [3.63, 3.8) is 0 Å². The van der Waals surface area contributed by atoms with E-state index < -0.39 is 29.6 Å². The molecular weight excluding hydrogens is 348 g/mol. The molecule has 1 N–H and O–H groups in total. The molecule has 2 heterocycles. The molecule has 1 fully saturated rings. The van der Waals surface area contributed by atoms with Crippen LogP contribution in [-0.4, -0.2) is 41.4 Å². The number of ether oxygens (including phenoxy) is 3. The van der Waals surface area contributed by atoms with Crippen LogP contribution in [0.25, 0.3) is 0 Å². The first-order chi connectivity index (χ1) is 9.97. The highest BCUT2D eigenvalue weighted by Gasteiger charge is 2.24. The van der Waals surface area contributed by atoms with Crippen LogP contribution >= 0.6 is 15.9 Å². The molecule has 2 rings (SSSR count). The number of aromatic nitrogens is 2. The quantitative estimate of drug-likeness (QED) is 0.769. The van der Waals surface area contributed by atoms with Crippen molar-refractivity contribution in [3.05, 3.63) is 31.5 Å². The standard InChI is InChI=1S/C12H15BrN2O6/c1-7(16)20-6-8-5-19-3-2-10(21-8)15-4-9(13)11(17)14-12(15)18/h4,8,10H,2-3,5-6H2,1H3,(H,14,17,18)/t8-,10-/m1/s1. The number of carbonyl (C=O) groups excluding carboxylic acids is 1. The van der Waals surface area contributed by atoms with E-state index >= 15 is 0 Å². The van der Waals surface area contributed by atoms with Gasteiger partial charge >= 0.3 is 11.7 Å². The van der Waals surface area contributed by atoms with Gasteiger partial charge in [-0.15, -0.1) is 0 Å². The van der Waals surface area contributed by atoms with Crippen LogP contribution in [0, 0.1) is 0 Å². The highest BCUT2D eigenvalue weighted by Crippen LogP contribution is 2.19. The number of halogens is 1. The Hall–Kier alpha value is -1.45. The monoisotopic (exact) mass is 362 g/mol. The molecule has 9 heteroatoms. The van der Waals surface area contributed by atoms with Crippen LogP contribution in [-0.2, 0) is 19.0 Å². The van der Waals surface area contributed by atoms with E-state index in [1.165, 1.54) is 17.7 Å². The van der Waals surface area contributed by atoms with Crippen molar-refractivity contribution in [3.8, 4) is 0 Å². The highest BCUT2D eigenvalue weighted by molar-refractivity contribution is 9.10. The third-order valence-electron chi connectivity index (χ3n) is 2.87. The SMILES string of the molecule is CC(=O)OC[C@H]1COCC[C@H](n2cc(Br)c(=O)[nH]c2=O)O1. The molecule has 0 aliphatic carbocycles. The molecule has 1 aromatic rings. The zero-order valence-electron chi connectivity index (χ0n) is 11.3. The number of nitrogens with one attached hydrogen (secondary N) is 1. The third kappa shape index (κ3) is 4.26. The summed E-state index contributed by atoms with van der Waals surface area (Å²) in [5.74, 6) is -0.414. The van der Waals surface area contributed by atoms with E-state index in [2.05, 4.69) is 20.9 Å². The lowest BCUT2D eigenvalue weighted by Gasteiger charge is -2.22. The Morgan fingerprint density at radius 3 is 3.05 bits per heavy atom. The van der Waals surface area contributed by atoms with E-state index in [1.54, 1.807) is 0 Å². The van der Waals surface area contributed by atoms with E-state index in [0.717, 1.165) is 0 Å². The summed E-state index contributed by atoms with van der Waals surface area (Å²) in [5.41, 5.74) is -1.07. The Morgan fingerprint density at radius 2 is 2.33 bits per heavy atom. The van der Waals surface area contributed by atoms with Crippen molar-refractivity contribution in [2.45, 2.75) is 25.7 Å². The van der Waals surface area contributed by atoms with Crippen molar-refractivity contribution in [1.82, 2.24) is 9.55 Å². The molecule has 116 valence electrons. The lowest BCUT2D eigenvalue weighted by Crippen LogP contribution is -2.35. The summed E-state index contributed by atoms with van der Waals surface area (Å²) in [6.45, 7) is 2.01. The van der Waals surface area contributed by atoms with Crippen molar-refractivity contribution in [2.24, 2.45) is 0 Å². The lowest BCUT2D eigenvalue weighted by atomic mass is 10.3. The van der Waals surface area contributed by atoms with Crippen molar-refractivity contribution in [1.29, 1.82) is 0 Å². The first-order valence-corrected chi connectivity index (χ1v) is 7.14. The first kappa shape index (κ1) is 15.9. The van der Waals surface area contributed by atoms with Gasteiger partial charge in [-0.1, -0.05) is 0 Å². The van der Waals surface area contributed by atoms with Crippen LogP contribution in [0.5, 0.6) is 0 Å². The smallest absolute Gasteiger partial charge is 0.330 e. The van der Waals surface area contributed by atoms with E-state index in [0.29, 0.717) is 13.0 Å². The minimum atomic E-state index is -0.603. The average molecular weight is 363 g/mol. The molecule has 1 saturated heterocycles. The van der Waals surface area contributed by atoms with Gasteiger partial charge in [-0.2, -0.15) is 0 Å². The fourth-order valence-electron chi connectivity index (χ4n) is 1.91. The van der Waals surface area contributed by atoms with Gasteiger partial charge in [-0.05, 0) is 15.9 Å². The molecule has 0 aromatic carbocycles. The molecule has 0 bridgehead atoms. The Morgan fingerprint density at radius 1 is 1.57 bits per heavy atom. The molecule has 0 spiro atoms. The second-order valence-electron chi connectivity index (χ2n) is 4.52. The molecule has 8 nitrogen and oxygen atoms in total. The van der Waals surface area contributed by atoms with Gasteiger partial charge in [0.25, 0.3) is 5.56 Å². The highest BCUT2D eigenvalue weighted by atomic mass is 79.9. The summed E-state index contributed by atoms with van der Waals surface area (Å²) in [5, 5.41) is 0. The van der Waals surface area contributed by atoms with Crippen LogP contribution in [0.3, 0.4) is 0 Å². The molecule has 21 heavy (non-hydrogen) atoms. The fraction of sp³-hybridized carbons (Fsp3) is 0.583. The number of nitrogens with zero attached hydrogens (tertiary/aromatic N) is 1. The van der Waals surface area contributed by atoms with Gasteiger partial charge in [0.05, 0.1) is 17.7 Å².